The number of guanidine groups is 1. The first-order valence-electron chi connectivity index (χ1n) is 9.27. The number of methoxy groups -OCH3 is 1. The van der Waals surface area contributed by atoms with Crippen molar-refractivity contribution in [3.8, 4) is 0 Å². The van der Waals surface area contributed by atoms with Gasteiger partial charge in [0.2, 0.25) is 0 Å². The second kappa shape index (κ2) is 15.2. The highest BCUT2D eigenvalue weighted by Gasteiger charge is 2.33. The Morgan fingerprint density at radius 2 is 1.83 bits per heavy atom. The van der Waals surface area contributed by atoms with Gasteiger partial charge in [0, 0.05) is 47.1 Å². The molecule has 5 nitrogen and oxygen atoms in total. The second-order valence-electron chi connectivity index (χ2n) is 6.56. The lowest BCUT2D eigenvalue weighted by Gasteiger charge is -2.30. The number of unbranched alkanes of at least 4 members (excludes halogenated alkanes) is 2. The van der Waals surface area contributed by atoms with E-state index in [1.54, 1.807) is 7.11 Å². The Morgan fingerprint density at radius 1 is 1.08 bits per heavy atom. The van der Waals surface area contributed by atoms with Gasteiger partial charge in [0.25, 0.3) is 0 Å². The van der Waals surface area contributed by atoms with Gasteiger partial charge in [-0.25, -0.2) is 0 Å². The molecule has 0 unspecified atom stereocenters. The third kappa shape index (κ3) is 10.0. The van der Waals surface area contributed by atoms with Gasteiger partial charge in [0.05, 0.1) is 0 Å². The number of ether oxygens (including phenoxy) is 2. The minimum absolute atomic E-state index is 0. The van der Waals surface area contributed by atoms with Gasteiger partial charge in [-0.2, -0.15) is 0 Å². The highest BCUT2D eigenvalue weighted by Crippen LogP contribution is 2.40. The van der Waals surface area contributed by atoms with Crippen molar-refractivity contribution in [2.24, 2.45) is 10.4 Å². The van der Waals surface area contributed by atoms with Crippen LogP contribution in [0.5, 0.6) is 0 Å². The molecule has 1 rings (SSSR count). The molecule has 0 aromatic carbocycles. The molecule has 1 fully saturated rings. The molecule has 0 aromatic rings. The van der Waals surface area contributed by atoms with Crippen molar-refractivity contribution >= 4 is 29.9 Å². The molecule has 0 aliphatic heterocycles. The normalized spacial score (nSPS) is 16.7. The molecule has 6 heteroatoms. The first-order chi connectivity index (χ1) is 11.3. The van der Waals surface area contributed by atoms with Crippen LogP contribution in [0, 0.1) is 5.41 Å². The van der Waals surface area contributed by atoms with Crippen LogP contribution in [-0.4, -0.2) is 53.0 Å². The van der Waals surface area contributed by atoms with E-state index in [0.717, 1.165) is 58.1 Å². The third-order valence-electron chi connectivity index (χ3n) is 4.82. The van der Waals surface area contributed by atoms with Crippen molar-refractivity contribution in [1.29, 1.82) is 0 Å². The summed E-state index contributed by atoms with van der Waals surface area (Å²) >= 11 is 0. The summed E-state index contributed by atoms with van der Waals surface area (Å²) in [5.41, 5.74) is 0.394. The zero-order valence-electron chi connectivity index (χ0n) is 15.9. The van der Waals surface area contributed by atoms with E-state index in [0.29, 0.717) is 5.41 Å². The fraction of sp³-hybridized carbons (Fsp3) is 0.944. The van der Waals surface area contributed by atoms with Crippen LogP contribution < -0.4 is 10.6 Å². The number of hydrogen-bond donors (Lipinski definition) is 2. The Hall–Kier alpha value is -0.0800. The number of nitrogens with zero attached hydrogens (tertiary/aromatic N) is 1. The fourth-order valence-corrected chi connectivity index (χ4v) is 3.32. The largest absolute Gasteiger partial charge is 0.385 e. The van der Waals surface area contributed by atoms with Gasteiger partial charge < -0.3 is 20.1 Å². The Balaban J connectivity index is 0.00000529. The van der Waals surface area contributed by atoms with Gasteiger partial charge in [-0.05, 0) is 50.9 Å². The van der Waals surface area contributed by atoms with E-state index >= 15 is 0 Å². The molecule has 0 bridgehead atoms. The summed E-state index contributed by atoms with van der Waals surface area (Å²) in [7, 11) is 3.61. The molecule has 144 valence electrons. The minimum atomic E-state index is 0. The molecule has 2 N–H and O–H groups in total. The average Bonchev–Trinajstić information content (AvgIpc) is 3.03. The molecule has 1 saturated carbocycles. The van der Waals surface area contributed by atoms with E-state index in [-0.39, 0.29) is 24.0 Å². The van der Waals surface area contributed by atoms with Crippen molar-refractivity contribution in [2.75, 3.05) is 47.1 Å². The van der Waals surface area contributed by atoms with Crippen molar-refractivity contribution < 1.29 is 9.47 Å². The molecule has 1 aliphatic carbocycles. The quantitative estimate of drug-likeness (QED) is 0.205. The molecule has 0 atom stereocenters. The lowest BCUT2D eigenvalue weighted by Crippen LogP contribution is -2.43. The molecule has 0 amide bonds. The SMILES string of the molecule is CCOCCC1(CNC(=NC)NCCCCCOC)CCCC1.I. The van der Waals surface area contributed by atoms with Crippen molar-refractivity contribution in [2.45, 2.75) is 58.3 Å². The molecule has 0 heterocycles. The Labute approximate surface area is 165 Å². The van der Waals surface area contributed by atoms with Crippen LogP contribution in [0.4, 0.5) is 0 Å². The molecule has 1 aliphatic rings. The summed E-state index contributed by atoms with van der Waals surface area (Å²) in [4.78, 5) is 4.35. The van der Waals surface area contributed by atoms with Gasteiger partial charge in [0.15, 0.2) is 5.96 Å². The summed E-state index contributed by atoms with van der Waals surface area (Å²) in [5, 5.41) is 6.96. The summed E-state index contributed by atoms with van der Waals surface area (Å²) < 4.78 is 10.7. The zero-order chi connectivity index (χ0) is 16.8. The molecule has 0 aromatic heterocycles. The van der Waals surface area contributed by atoms with E-state index in [2.05, 4.69) is 22.5 Å². The first kappa shape index (κ1) is 23.9. The number of halogens is 1. The summed E-state index contributed by atoms with van der Waals surface area (Å²) in [6.07, 6.45) is 9.93. The van der Waals surface area contributed by atoms with E-state index in [1.807, 2.05) is 7.05 Å². The second-order valence-corrected chi connectivity index (χ2v) is 6.56. The molecular formula is C18H38IN3O2. The van der Waals surface area contributed by atoms with Gasteiger partial charge in [-0.15, -0.1) is 24.0 Å². The number of nitrogens with one attached hydrogen (secondary N) is 2. The fourth-order valence-electron chi connectivity index (χ4n) is 3.32. The summed E-state index contributed by atoms with van der Waals surface area (Å²) in [6.45, 7) is 6.59. The van der Waals surface area contributed by atoms with Gasteiger partial charge in [0.1, 0.15) is 0 Å². The number of aliphatic imine (C=N–C) groups is 1. The predicted molar refractivity (Wildman–Crippen MR) is 113 cm³/mol. The average molecular weight is 455 g/mol. The maximum absolute atomic E-state index is 5.58. The van der Waals surface area contributed by atoms with Crippen LogP contribution in [0.2, 0.25) is 0 Å². The van der Waals surface area contributed by atoms with Crippen molar-refractivity contribution in [3.05, 3.63) is 0 Å². The Kier molecular flexibility index (Phi) is 15.1. The maximum atomic E-state index is 5.58. The van der Waals surface area contributed by atoms with Crippen molar-refractivity contribution in [3.63, 3.8) is 0 Å². The van der Waals surface area contributed by atoms with Gasteiger partial charge in [-0.3, -0.25) is 4.99 Å². The number of hydrogen-bond acceptors (Lipinski definition) is 3. The highest BCUT2D eigenvalue weighted by molar-refractivity contribution is 14.0. The standard InChI is InChI=1S/C18H37N3O2.HI/c1-4-23-15-12-18(10-6-7-11-18)16-21-17(19-2)20-13-8-5-9-14-22-3;/h4-16H2,1-3H3,(H2,19,20,21);1H. The Morgan fingerprint density at radius 3 is 2.46 bits per heavy atom. The van der Waals surface area contributed by atoms with Crippen LogP contribution in [0.15, 0.2) is 4.99 Å². The third-order valence-corrected chi connectivity index (χ3v) is 4.82. The van der Waals surface area contributed by atoms with Crippen LogP contribution in [0.3, 0.4) is 0 Å². The molecular weight excluding hydrogens is 417 g/mol. The van der Waals surface area contributed by atoms with Crippen LogP contribution in [-0.2, 0) is 9.47 Å². The lowest BCUT2D eigenvalue weighted by atomic mass is 9.83. The van der Waals surface area contributed by atoms with Crippen LogP contribution in [0.25, 0.3) is 0 Å². The molecule has 24 heavy (non-hydrogen) atoms. The van der Waals surface area contributed by atoms with Crippen molar-refractivity contribution in [1.82, 2.24) is 10.6 Å². The maximum Gasteiger partial charge on any atom is 0.190 e. The Bertz CT molecular complexity index is 321. The predicted octanol–water partition coefficient (Wildman–Crippen LogP) is 3.57. The smallest absolute Gasteiger partial charge is 0.190 e. The minimum Gasteiger partial charge on any atom is -0.385 e. The molecule has 0 spiro atoms. The first-order valence-corrected chi connectivity index (χ1v) is 9.27. The topological polar surface area (TPSA) is 54.9 Å². The molecule has 0 saturated heterocycles. The van der Waals surface area contributed by atoms with Gasteiger partial charge >= 0.3 is 0 Å². The van der Waals surface area contributed by atoms with E-state index in [9.17, 15) is 0 Å². The van der Waals surface area contributed by atoms with E-state index in [4.69, 9.17) is 9.47 Å². The summed E-state index contributed by atoms with van der Waals surface area (Å²) in [5.74, 6) is 0.930. The lowest BCUT2D eigenvalue weighted by molar-refractivity contribution is 0.105. The van der Waals surface area contributed by atoms with E-state index < -0.39 is 0 Å². The highest BCUT2D eigenvalue weighted by atomic mass is 127. The van der Waals surface area contributed by atoms with Gasteiger partial charge in [-0.1, -0.05) is 12.8 Å². The zero-order valence-corrected chi connectivity index (χ0v) is 18.2. The van der Waals surface area contributed by atoms with E-state index in [1.165, 1.54) is 32.1 Å². The van der Waals surface area contributed by atoms with Crippen LogP contribution in [0.1, 0.15) is 58.3 Å². The number of rotatable bonds is 12. The monoisotopic (exact) mass is 455 g/mol. The molecule has 0 radical (unpaired) electrons. The van der Waals surface area contributed by atoms with Crippen LogP contribution >= 0.6 is 24.0 Å². The summed E-state index contributed by atoms with van der Waals surface area (Å²) in [6, 6.07) is 0.